The zero-order valence-electron chi connectivity index (χ0n) is 12.6. The van der Waals surface area contributed by atoms with Crippen LogP contribution in [0.25, 0.3) is 0 Å². The van der Waals surface area contributed by atoms with Crippen molar-refractivity contribution >= 4 is 0 Å². The Hall–Kier alpha value is -1.09. The number of hydrogen-bond acceptors (Lipinski definition) is 2. The van der Waals surface area contributed by atoms with Gasteiger partial charge in [0, 0.05) is 6.04 Å². The van der Waals surface area contributed by atoms with Gasteiger partial charge >= 0.3 is 0 Å². The van der Waals surface area contributed by atoms with E-state index in [-0.39, 0.29) is 5.82 Å². The Morgan fingerprint density at radius 1 is 1.35 bits per heavy atom. The van der Waals surface area contributed by atoms with Crippen LogP contribution in [0, 0.1) is 18.7 Å². The second-order valence-electron chi connectivity index (χ2n) is 5.80. The van der Waals surface area contributed by atoms with Gasteiger partial charge in [0.15, 0.2) is 0 Å². The molecule has 0 aliphatic heterocycles. The molecule has 1 fully saturated rings. The van der Waals surface area contributed by atoms with Gasteiger partial charge in [0.2, 0.25) is 0 Å². The van der Waals surface area contributed by atoms with Crippen LogP contribution >= 0.6 is 0 Å². The first kappa shape index (κ1) is 15.3. The van der Waals surface area contributed by atoms with E-state index < -0.39 is 0 Å². The molecule has 1 N–H and O–H groups in total. The smallest absolute Gasteiger partial charge is 0.126 e. The van der Waals surface area contributed by atoms with Crippen molar-refractivity contribution in [3.8, 4) is 5.75 Å². The number of benzene rings is 1. The van der Waals surface area contributed by atoms with E-state index >= 15 is 0 Å². The number of halogens is 1. The Labute approximate surface area is 121 Å². The highest BCUT2D eigenvalue weighted by molar-refractivity contribution is 5.28. The standard InChI is InChI=1S/C17H26FNO/c1-3-10-19-17-6-4-5-14(17)9-11-20-15-7-8-16(18)13(2)12-15/h7-8,12,14,17,19H,3-6,9-11H2,1-2H3. The summed E-state index contributed by atoms with van der Waals surface area (Å²) >= 11 is 0. The van der Waals surface area contributed by atoms with E-state index in [9.17, 15) is 4.39 Å². The summed E-state index contributed by atoms with van der Waals surface area (Å²) < 4.78 is 18.9. The van der Waals surface area contributed by atoms with Crippen molar-refractivity contribution in [2.45, 2.75) is 52.0 Å². The monoisotopic (exact) mass is 279 g/mol. The molecule has 2 nitrogen and oxygen atoms in total. The van der Waals surface area contributed by atoms with Crippen LogP contribution in [0.5, 0.6) is 5.75 Å². The summed E-state index contributed by atoms with van der Waals surface area (Å²) in [5.74, 6) is 1.33. The van der Waals surface area contributed by atoms with E-state index in [1.807, 2.05) is 0 Å². The maximum atomic E-state index is 13.2. The summed E-state index contributed by atoms with van der Waals surface area (Å²) in [6.45, 7) is 5.81. The highest BCUT2D eigenvalue weighted by atomic mass is 19.1. The van der Waals surface area contributed by atoms with Gasteiger partial charge in [0.1, 0.15) is 11.6 Å². The molecule has 0 heterocycles. The molecule has 0 spiro atoms. The summed E-state index contributed by atoms with van der Waals surface area (Å²) in [4.78, 5) is 0. The molecule has 0 amide bonds. The van der Waals surface area contributed by atoms with E-state index in [1.165, 1.54) is 31.7 Å². The molecule has 3 heteroatoms. The summed E-state index contributed by atoms with van der Waals surface area (Å²) in [5.41, 5.74) is 0.644. The average Bonchev–Trinajstić information content (AvgIpc) is 2.88. The first-order valence-electron chi connectivity index (χ1n) is 7.83. The van der Waals surface area contributed by atoms with Crippen LogP contribution in [0.15, 0.2) is 18.2 Å². The molecule has 20 heavy (non-hydrogen) atoms. The fourth-order valence-corrected chi connectivity index (χ4v) is 3.02. The first-order valence-corrected chi connectivity index (χ1v) is 7.83. The predicted octanol–water partition coefficient (Wildman–Crippen LogP) is 4.07. The third-order valence-corrected chi connectivity index (χ3v) is 4.20. The van der Waals surface area contributed by atoms with Crippen LogP contribution in [-0.4, -0.2) is 19.2 Å². The Kier molecular flexibility index (Phi) is 5.84. The maximum absolute atomic E-state index is 13.2. The van der Waals surface area contributed by atoms with Gasteiger partial charge in [-0.05, 0) is 68.8 Å². The summed E-state index contributed by atoms with van der Waals surface area (Å²) in [5, 5.41) is 3.64. The van der Waals surface area contributed by atoms with Gasteiger partial charge in [0.05, 0.1) is 6.61 Å². The highest BCUT2D eigenvalue weighted by Gasteiger charge is 2.26. The molecular formula is C17H26FNO. The fourth-order valence-electron chi connectivity index (χ4n) is 3.02. The molecule has 2 unspecified atom stereocenters. The van der Waals surface area contributed by atoms with Gasteiger partial charge in [-0.3, -0.25) is 0 Å². The molecule has 1 aromatic rings. The fraction of sp³-hybridized carbons (Fsp3) is 0.647. The maximum Gasteiger partial charge on any atom is 0.126 e. The molecule has 0 aromatic heterocycles. The largest absolute Gasteiger partial charge is 0.494 e. The zero-order chi connectivity index (χ0) is 14.4. The number of rotatable bonds is 7. The van der Waals surface area contributed by atoms with E-state index in [0.29, 0.717) is 11.6 Å². The number of nitrogens with one attached hydrogen (secondary N) is 1. The molecule has 0 saturated heterocycles. The minimum atomic E-state index is -0.169. The normalized spacial score (nSPS) is 22.1. The highest BCUT2D eigenvalue weighted by Crippen LogP contribution is 2.28. The van der Waals surface area contributed by atoms with E-state index in [2.05, 4.69) is 12.2 Å². The molecule has 1 aromatic carbocycles. The summed E-state index contributed by atoms with van der Waals surface area (Å²) in [6.07, 6.45) is 6.18. The second-order valence-corrected chi connectivity index (χ2v) is 5.80. The lowest BCUT2D eigenvalue weighted by atomic mass is 10.00. The average molecular weight is 279 g/mol. The van der Waals surface area contributed by atoms with Crippen LogP contribution in [0.3, 0.4) is 0 Å². The van der Waals surface area contributed by atoms with E-state index in [1.54, 1.807) is 19.1 Å². The topological polar surface area (TPSA) is 21.3 Å². The van der Waals surface area contributed by atoms with Crippen LogP contribution in [0.4, 0.5) is 4.39 Å². The van der Waals surface area contributed by atoms with Crippen LogP contribution in [-0.2, 0) is 0 Å². The van der Waals surface area contributed by atoms with Gasteiger partial charge in [-0.1, -0.05) is 13.3 Å². The van der Waals surface area contributed by atoms with Crippen LogP contribution in [0.1, 0.15) is 44.6 Å². The molecule has 2 rings (SSSR count). The molecule has 112 valence electrons. The van der Waals surface area contributed by atoms with E-state index in [4.69, 9.17) is 4.74 Å². The van der Waals surface area contributed by atoms with Gasteiger partial charge in [-0.2, -0.15) is 0 Å². The van der Waals surface area contributed by atoms with Gasteiger partial charge in [-0.15, -0.1) is 0 Å². The van der Waals surface area contributed by atoms with Crippen molar-refractivity contribution in [3.05, 3.63) is 29.6 Å². The summed E-state index contributed by atoms with van der Waals surface area (Å²) in [7, 11) is 0. The minimum Gasteiger partial charge on any atom is -0.494 e. The Morgan fingerprint density at radius 3 is 2.95 bits per heavy atom. The third-order valence-electron chi connectivity index (χ3n) is 4.20. The number of hydrogen-bond donors (Lipinski definition) is 1. The Morgan fingerprint density at radius 2 is 2.20 bits per heavy atom. The lowest BCUT2D eigenvalue weighted by Gasteiger charge is -2.21. The van der Waals surface area contributed by atoms with Crippen molar-refractivity contribution in [3.63, 3.8) is 0 Å². The zero-order valence-corrected chi connectivity index (χ0v) is 12.6. The second kappa shape index (κ2) is 7.63. The van der Waals surface area contributed by atoms with Crippen molar-refractivity contribution in [2.24, 2.45) is 5.92 Å². The lowest BCUT2D eigenvalue weighted by molar-refractivity contribution is 0.260. The molecule has 1 aliphatic carbocycles. The van der Waals surface area contributed by atoms with Crippen molar-refractivity contribution in [1.29, 1.82) is 0 Å². The quantitative estimate of drug-likeness (QED) is 0.812. The van der Waals surface area contributed by atoms with Gasteiger partial charge in [-0.25, -0.2) is 4.39 Å². The minimum absolute atomic E-state index is 0.169. The van der Waals surface area contributed by atoms with Crippen molar-refractivity contribution < 1.29 is 9.13 Å². The molecule has 0 bridgehead atoms. The van der Waals surface area contributed by atoms with Gasteiger partial charge in [0.25, 0.3) is 0 Å². The first-order chi connectivity index (χ1) is 9.70. The third kappa shape index (κ3) is 4.20. The summed E-state index contributed by atoms with van der Waals surface area (Å²) in [6, 6.07) is 5.63. The molecule has 1 saturated carbocycles. The van der Waals surface area contributed by atoms with Crippen molar-refractivity contribution in [2.75, 3.05) is 13.2 Å². The van der Waals surface area contributed by atoms with Crippen LogP contribution in [0.2, 0.25) is 0 Å². The predicted molar refractivity (Wildman–Crippen MR) is 80.7 cm³/mol. The molecular weight excluding hydrogens is 253 g/mol. The SMILES string of the molecule is CCCNC1CCCC1CCOc1ccc(F)c(C)c1. The Balaban J connectivity index is 1.75. The number of ether oxygens (including phenoxy) is 1. The van der Waals surface area contributed by atoms with Crippen molar-refractivity contribution in [1.82, 2.24) is 5.32 Å². The van der Waals surface area contributed by atoms with E-state index in [0.717, 1.165) is 31.2 Å². The number of aryl methyl sites for hydroxylation is 1. The molecule has 2 atom stereocenters. The van der Waals surface area contributed by atoms with Crippen LogP contribution < -0.4 is 10.1 Å². The molecule has 1 aliphatic rings. The van der Waals surface area contributed by atoms with Gasteiger partial charge < -0.3 is 10.1 Å². The lowest BCUT2D eigenvalue weighted by Crippen LogP contribution is -2.33. The molecule has 0 radical (unpaired) electrons. The Bertz CT molecular complexity index is 421.